The van der Waals surface area contributed by atoms with Crippen LogP contribution in [-0.4, -0.2) is 9.55 Å². The topological polar surface area (TPSA) is 17.8 Å². The summed E-state index contributed by atoms with van der Waals surface area (Å²) in [4.78, 5) is 4.49. The van der Waals surface area contributed by atoms with E-state index in [4.69, 9.17) is 0 Å². The van der Waals surface area contributed by atoms with Gasteiger partial charge in [0.1, 0.15) is 5.82 Å². The van der Waals surface area contributed by atoms with Crippen LogP contribution in [0.5, 0.6) is 0 Å². The van der Waals surface area contributed by atoms with Crippen molar-refractivity contribution in [2.45, 2.75) is 13.8 Å². The van der Waals surface area contributed by atoms with Crippen LogP contribution in [0, 0.1) is 13.8 Å². The lowest BCUT2D eigenvalue weighted by atomic mass is 10.1. The van der Waals surface area contributed by atoms with Gasteiger partial charge in [-0.25, -0.2) is 4.98 Å². The molecule has 0 saturated carbocycles. The molecule has 0 fully saturated rings. The summed E-state index contributed by atoms with van der Waals surface area (Å²) < 4.78 is 2.14. The van der Waals surface area contributed by atoms with Gasteiger partial charge in [0, 0.05) is 23.6 Å². The van der Waals surface area contributed by atoms with Gasteiger partial charge >= 0.3 is 0 Å². The van der Waals surface area contributed by atoms with Gasteiger partial charge < -0.3 is 0 Å². The van der Waals surface area contributed by atoms with E-state index in [0.717, 1.165) is 11.4 Å². The van der Waals surface area contributed by atoms with Crippen molar-refractivity contribution in [1.82, 2.24) is 9.55 Å². The highest BCUT2D eigenvalue weighted by atomic mass is 15.1. The highest BCUT2D eigenvalue weighted by molar-refractivity contribution is 5.59. The Morgan fingerprint density at radius 2 is 1.74 bits per heavy atom. The second kappa shape index (κ2) is 4.73. The highest BCUT2D eigenvalue weighted by Crippen LogP contribution is 2.23. The highest BCUT2D eigenvalue weighted by Gasteiger charge is 2.08. The molecule has 0 spiro atoms. The van der Waals surface area contributed by atoms with Crippen LogP contribution < -0.4 is 0 Å². The zero-order chi connectivity index (χ0) is 13.2. The van der Waals surface area contributed by atoms with Gasteiger partial charge in [-0.3, -0.25) is 4.57 Å². The zero-order valence-corrected chi connectivity index (χ0v) is 11.2. The largest absolute Gasteiger partial charge is 0.300 e. The number of hydrogen-bond donors (Lipinski definition) is 0. The molecule has 0 amide bonds. The van der Waals surface area contributed by atoms with Crippen LogP contribution in [0.15, 0.2) is 60.9 Å². The molecule has 0 bridgehead atoms. The van der Waals surface area contributed by atoms with Crippen LogP contribution in [0.4, 0.5) is 0 Å². The van der Waals surface area contributed by atoms with E-state index in [1.54, 1.807) is 0 Å². The lowest BCUT2D eigenvalue weighted by Crippen LogP contribution is -1.99. The van der Waals surface area contributed by atoms with Crippen molar-refractivity contribution in [3.05, 3.63) is 72.1 Å². The SMILES string of the molecule is Cc1ccc(-n2ccnc2-c2ccccc2)c(C)c1. The first-order valence-electron chi connectivity index (χ1n) is 6.42. The summed E-state index contributed by atoms with van der Waals surface area (Å²) in [6, 6.07) is 16.8. The number of benzene rings is 2. The first kappa shape index (κ1) is 11.7. The van der Waals surface area contributed by atoms with Crippen molar-refractivity contribution in [1.29, 1.82) is 0 Å². The van der Waals surface area contributed by atoms with Crippen LogP contribution in [0.25, 0.3) is 17.1 Å². The molecule has 1 heterocycles. The Labute approximate surface area is 113 Å². The van der Waals surface area contributed by atoms with E-state index in [-0.39, 0.29) is 0 Å². The fraction of sp³-hybridized carbons (Fsp3) is 0.118. The standard InChI is InChI=1S/C17H16N2/c1-13-8-9-16(14(2)12-13)19-11-10-18-17(19)15-6-4-3-5-7-15/h3-12H,1-2H3. The molecule has 0 unspecified atom stereocenters. The third-order valence-electron chi connectivity index (χ3n) is 3.28. The van der Waals surface area contributed by atoms with Crippen LogP contribution in [-0.2, 0) is 0 Å². The normalized spacial score (nSPS) is 10.6. The summed E-state index contributed by atoms with van der Waals surface area (Å²) in [6.45, 7) is 4.25. The van der Waals surface area contributed by atoms with Gasteiger partial charge in [0.25, 0.3) is 0 Å². The van der Waals surface area contributed by atoms with Crippen molar-refractivity contribution in [3.8, 4) is 17.1 Å². The van der Waals surface area contributed by atoms with E-state index >= 15 is 0 Å². The molecular weight excluding hydrogens is 232 g/mol. The van der Waals surface area contributed by atoms with Gasteiger partial charge in [-0.1, -0.05) is 48.0 Å². The number of nitrogens with zero attached hydrogens (tertiary/aromatic N) is 2. The number of imidazole rings is 1. The van der Waals surface area contributed by atoms with E-state index < -0.39 is 0 Å². The number of aromatic nitrogens is 2. The van der Waals surface area contributed by atoms with Crippen molar-refractivity contribution in [3.63, 3.8) is 0 Å². The molecule has 2 heteroatoms. The van der Waals surface area contributed by atoms with E-state index in [0.29, 0.717) is 0 Å². The van der Waals surface area contributed by atoms with Crippen molar-refractivity contribution in [2.75, 3.05) is 0 Å². The Kier molecular flexibility index (Phi) is 2.92. The molecule has 0 saturated heterocycles. The first-order chi connectivity index (χ1) is 9.25. The lowest BCUT2D eigenvalue weighted by Gasteiger charge is -2.11. The predicted molar refractivity (Wildman–Crippen MR) is 78.5 cm³/mol. The van der Waals surface area contributed by atoms with Gasteiger partial charge in [-0.15, -0.1) is 0 Å². The molecule has 2 nitrogen and oxygen atoms in total. The zero-order valence-electron chi connectivity index (χ0n) is 11.2. The minimum absolute atomic E-state index is 0.979. The van der Waals surface area contributed by atoms with Crippen LogP contribution >= 0.6 is 0 Å². The van der Waals surface area contributed by atoms with Crippen molar-refractivity contribution in [2.24, 2.45) is 0 Å². The summed E-state index contributed by atoms with van der Waals surface area (Å²) in [5, 5.41) is 0. The molecule has 0 radical (unpaired) electrons. The number of hydrogen-bond acceptors (Lipinski definition) is 1. The Balaban J connectivity index is 2.15. The Bertz CT molecular complexity index is 696. The van der Waals surface area contributed by atoms with Gasteiger partial charge in [-0.05, 0) is 25.5 Å². The van der Waals surface area contributed by atoms with Crippen LogP contribution in [0.3, 0.4) is 0 Å². The molecule has 3 aromatic rings. The number of rotatable bonds is 2. The van der Waals surface area contributed by atoms with E-state index in [1.165, 1.54) is 16.8 Å². The van der Waals surface area contributed by atoms with Gasteiger partial charge in [0.2, 0.25) is 0 Å². The summed E-state index contributed by atoms with van der Waals surface area (Å²) in [7, 11) is 0. The Hall–Kier alpha value is -2.35. The van der Waals surface area contributed by atoms with Crippen LogP contribution in [0.2, 0.25) is 0 Å². The fourth-order valence-corrected chi connectivity index (χ4v) is 2.37. The molecule has 3 rings (SSSR count). The second-order valence-corrected chi connectivity index (χ2v) is 4.78. The van der Waals surface area contributed by atoms with E-state index in [9.17, 15) is 0 Å². The summed E-state index contributed by atoms with van der Waals surface area (Å²) in [6.07, 6.45) is 3.86. The molecule has 94 valence electrons. The monoisotopic (exact) mass is 248 g/mol. The average Bonchev–Trinajstić information content (AvgIpc) is 2.89. The number of aryl methyl sites for hydroxylation is 2. The summed E-state index contributed by atoms with van der Waals surface area (Å²) in [5.74, 6) is 0.979. The third-order valence-corrected chi connectivity index (χ3v) is 3.28. The molecule has 1 aromatic heterocycles. The van der Waals surface area contributed by atoms with Gasteiger partial charge in [0.15, 0.2) is 0 Å². The first-order valence-corrected chi connectivity index (χ1v) is 6.42. The van der Waals surface area contributed by atoms with Gasteiger partial charge in [-0.2, -0.15) is 0 Å². The maximum absolute atomic E-state index is 4.49. The minimum atomic E-state index is 0.979. The average molecular weight is 248 g/mol. The fourth-order valence-electron chi connectivity index (χ4n) is 2.37. The molecule has 0 aliphatic carbocycles. The van der Waals surface area contributed by atoms with E-state index in [1.807, 2.05) is 30.6 Å². The molecule has 0 aliphatic rings. The maximum atomic E-state index is 4.49. The van der Waals surface area contributed by atoms with Crippen LogP contribution in [0.1, 0.15) is 11.1 Å². The molecule has 0 aliphatic heterocycles. The molecule has 0 atom stereocenters. The minimum Gasteiger partial charge on any atom is -0.300 e. The molecule has 0 N–H and O–H groups in total. The van der Waals surface area contributed by atoms with Crippen molar-refractivity contribution >= 4 is 0 Å². The summed E-state index contributed by atoms with van der Waals surface area (Å²) in [5.41, 5.74) is 4.85. The smallest absolute Gasteiger partial charge is 0.144 e. The maximum Gasteiger partial charge on any atom is 0.144 e. The molecule has 2 aromatic carbocycles. The predicted octanol–water partition coefficient (Wildman–Crippen LogP) is 4.16. The summed E-state index contributed by atoms with van der Waals surface area (Å²) >= 11 is 0. The van der Waals surface area contributed by atoms with E-state index in [2.05, 4.69) is 53.7 Å². The Morgan fingerprint density at radius 3 is 2.47 bits per heavy atom. The van der Waals surface area contributed by atoms with Gasteiger partial charge in [0.05, 0.1) is 0 Å². The quantitative estimate of drug-likeness (QED) is 0.666. The second-order valence-electron chi connectivity index (χ2n) is 4.78. The van der Waals surface area contributed by atoms with Crippen molar-refractivity contribution < 1.29 is 0 Å². The molecule has 19 heavy (non-hydrogen) atoms. The Morgan fingerprint density at radius 1 is 0.947 bits per heavy atom. The third kappa shape index (κ3) is 2.17. The lowest BCUT2D eigenvalue weighted by molar-refractivity contribution is 1.05. The molecular formula is C17H16N2.